The molecule has 0 radical (unpaired) electrons. The van der Waals surface area contributed by atoms with Crippen LogP contribution in [-0.4, -0.2) is 26.1 Å². The number of halogens is 1. The molecule has 1 saturated heterocycles. The highest BCUT2D eigenvalue weighted by atomic mass is 19.1. The molecule has 0 aliphatic carbocycles. The Balaban J connectivity index is 1.66. The number of hydrogen-bond acceptors (Lipinski definition) is 3. The fourth-order valence-electron chi connectivity index (χ4n) is 3.53. The maximum atomic E-state index is 14.0. The Morgan fingerprint density at radius 1 is 1.24 bits per heavy atom. The predicted molar refractivity (Wildman–Crippen MR) is 96.6 cm³/mol. The van der Waals surface area contributed by atoms with Crippen LogP contribution in [0.3, 0.4) is 0 Å². The van der Waals surface area contributed by atoms with Crippen LogP contribution in [0.5, 0.6) is 5.75 Å². The van der Waals surface area contributed by atoms with Gasteiger partial charge in [0.2, 0.25) is 0 Å². The fraction of sp³-hybridized carbons (Fsp3) is 0.350. The SMILES string of the molecule is COc1cccc(CC2CCN(c3cccc(F)c3C(N)=O)CC2)c1. The number of anilines is 1. The number of methoxy groups -OCH3 is 1. The van der Waals surface area contributed by atoms with Crippen molar-refractivity contribution < 1.29 is 13.9 Å². The van der Waals surface area contributed by atoms with Crippen molar-refractivity contribution in [2.45, 2.75) is 19.3 Å². The molecule has 1 fully saturated rings. The molecule has 0 atom stereocenters. The average Bonchev–Trinajstić information content (AvgIpc) is 2.62. The number of carbonyl (C=O) groups excluding carboxylic acids is 1. The topological polar surface area (TPSA) is 55.6 Å². The van der Waals surface area contributed by atoms with Gasteiger partial charge in [0.1, 0.15) is 11.6 Å². The van der Waals surface area contributed by atoms with Gasteiger partial charge < -0.3 is 15.4 Å². The van der Waals surface area contributed by atoms with Gasteiger partial charge in [0.25, 0.3) is 5.91 Å². The van der Waals surface area contributed by atoms with Crippen LogP contribution in [0.15, 0.2) is 42.5 Å². The number of ether oxygens (including phenoxy) is 1. The lowest BCUT2D eigenvalue weighted by Gasteiger charge is -2.34. The Labute approximate surface area is 147 Å². The monoisotopic (exact) mass is 342 g/mol. The van der Waals surface area contributed by atoms with Crippen LogP contribution in [0.25, 0.3) is 0 Å². The Hall–Kier alpha value is -2.56. The molecule has 0 aromatic heterocycles. The first-order valence-electron chi connectivity index (χ1n) is 8.54. The van der Waals surface area contributed by atoms with E-state index in [2.05, 4.69) is 17.0 Å². The van der Waals surface area contributed by atoms with Crippen LogP contribution in [0, 0.1) is 11.7 Å². The summed E-state index contributed by atoms with van der Waals surface area (Å²) in [6, 6.07) is 12.8. The zero-order chi connectivity index (χ0) is 17.8. The Morgan fingerprint density at radius 3 is 2.64 bits per heavy atom. The van der Waals surface area contributed by atoms with Crippen LogP contribution >= 0.6 is 0 Å². The van der Waals surface area contributed by atoms with E-state index in [1.807, 2.05) is 12.1 Å². The summed E-state index contributed by atoms with van der Waals surface area (Å²) in [5, 5.41) is 0. The van der Waals surface area contributed by atoms with Crippen LogP contribution in [0.2, 0.25) is 0 Å². The zero-order valence-electron chi connectivity index (χ0n) is 14.4. The summed E-state index contributed by atoms with van der Waals surface area (Å²) in [5.74, 6) is 0.171. The molecular formula is C20H23FN2O2. The number of primary amides is 1. The first-order chi connectivity index (χ1) is 12.1. The molecule has 25 heavy (non-hydrogen) atoms. The molecule has 1 aliphatic rings. The summed E-state index contributed by atoms with van der Waals surface area (Å²) >= 11 is 0. The second kappa shape index (κ2) is 7.55. The predicted octanol–water partition coefficient (Wildman–Crippen LogP) is 3.39. The van der Waals surface area contributed by atoms with E-state index >= 15 is 0 Å². The highest BCUT2D eigenvalue weighted by Crippen LogP contribution is 2.29. The van der Waals surface area contributed by atoms with Gasteiger partial charge in [-0.2, -0.15) is 0 Å². The lowest BCUT2D eigenvalue weighted by Crippen LogP contribution is -2.36. The lowest BCUT2D eigenvalue weighted by molar-refractivity contribution is 0.0997. The summed E-state index contributed by atoms with van der Waals surface area (Å²) in [6.45, 7) is 1.58. The third kappa shape index (κ3) is 3.92. The Kier molecular flexibility index (Phi) is 5.22. The van der Waals surface area contributed by atoms with Crippen LogP contribution in [0.4, 0.5) is 10.1 Å². The minimum Gasteiger partial charge on any atom is -0.497 e. The molecule has 1 heterocycles. The smallest absolute Gasteiger partial charge is 0.253 e. The van der Waals surface area contributed by atoms with Gasteiger partial charge in [0.15, 0.2) is 0 Å². The summed E-state index contributed by atoms with van der Waals surface area (Å²) in [4.78, 5) is 13.7. The zero-order valence-corrected chi connectivity index (χ0v) is 14.4. The van der Waals surface area contributed by atoms with Gasteiger partial charge in [-0.15, -0.1) is 0 Å². The highest BCUT2D eigenvalue weighted by molar-refractivity contribution is 5.99. The van der Waals surface area contributed by atoms with E-state index in [9.17, 15) is 9.18 Å². The number of piperidine rings is 1. The van der Waals surface area contributed by atoms with Crippen molar-refractivity contribution >= 4 is 11.6 Å². The van der Waals surface area contributed by atoms with Gasteiger partial charge in [-0.1, -0.05) is 18.2 Å². The molecule has 3 rings (SSSR count). The molecule has 0 saturated carbocycles. The van der Waals surface area contributed by atoms with Crippen LogP contribution in [0.1, 0.15) is 28.8 Å². The summed E-state index contributed by atoms with van der Waals surface area (Å²) < 4.78 is 19.2. The average molecular weight is 342 g/mol. The van der Waals surface area contributed by atoms with E-state index in [0.717, 1.165) is 38.1 Å². The van der Waals surface area contributed by atoms with Gasteiger partial charge in [-0.05, 0) is 55.0 Å². The number of nitrogens with two attached hydrogens (primary N) is 1. The van der Waals surface area contributed by atoms with Crippen molar-refractivity contribution in [1.29, 1.82) is 0 Å². The van der Waals surface area contributed by atoms with Crippen molar-refractivity contribution in [3.63, 3.8) is 0 Å². The van der Waals surface area contributed by atoms with Gasteiger partial charge in [-0.25, -0.2) is 4.39 Å². The van der Waals surface area contributed by atoms with E-state index in [0.29, 0.717) is 11.6 Å². The van der Waals surface area contributed by atoms with Crippen LogP contribution < -0.4 is 15.4 Å². The lowest BCUT2D eigenvalue weighted by atomic mass is 9.89. The summed E-state index contributed by atoms with van der Waals surface area (Å²) in [5.41, 5.74) is 7.22. The molecule has 1 aliphatic heterocycles. The standard InChI is InChI=1S/C20H23FN2O2/c1-25-16-5-2-4-15(13-16)12-14-8-10-23(11-9-14)18-7-3-6-17(21)19(18)20(22)24/h2-7,13-14H,8-12H2,1H3,(H2,22,24). The molecule has 5 heteroatoms. The molecule has 0 unspecified atom stereocenters. The van der Waals surface area contributed by atoms with E-state index in [-0.39, 0.29) is 5.56 Å². The summed E-state index contributed by atoms with van der Waals surface area (Å²) in [7, 11) is 1.67. The van der Waals surface area contributed by atoms with Crippen molar-refractivity contribution in [2.75, 3.05) is 25.1 Å². The summed E-state index contributed by atoms with van der Waals surface area (Å²) in [6.07, 6.45) is 2.98. The molecule has 0 spiro atoms. The molecule has 132 valence electrons. The second-order valence-corrected chi connectivity index (χ2v) is 6.48. The second-order valence-electron chi connectivity index (χ2n) is 6.48. The molecule has 0 bridgehead atoms. The van der Waals surface area contributed by atoms with Crippen LogP contribution in [-0.2, 0) is 6.42 Å². The van der Waals surface area contributed by atoms with Gasteiger partial charge in [0, 0.05) is 13.1 Å². The van der Waals surface area contributed by atoms with Gasteiger partial charge >= 0.3 is 0 Å². The van der Waals surface area contributed by atoms with E-state index in [1.54, 1.807) is 19.2 Å². The highest BCUT2D eigenvalue weighted by Gasteiger charge is 2.24. The number of amides is 1. The number of nitrogens with zero attached hydrogens (tertiary/aromatic N) is 1. The molecule has 2 N–H and O–H groups in total. The number of carbonyl (C=O) groups is 1. The third-order valence-corrected chi connectivity index (χ3v) is 4.85. The molecular weight excluding hydrogens is 319 g/mol. The third-order valence-electron chi connectivity index (χ3n) is 4.85. The Morgan fingerprint density at radius 2 is 1.96 bits per heavy atom. The number of rotatable bonds is 5. The maximum absolute atomic E-state index is 14.0. The molecule has 1 amide bonds. The number of benzene rings is 2. The van der Waals surface area contributed by atoms with Gasteiger partial charge in [-0.3, -0.25) is 4.79 Å². The molecule has 2 aromatic carbocycles. The van der Waals surface area contributed by atoms with Gasteiger partial charge in [0.05, 0.1) is 18.4 Å². The van der Waals surface area contributed by atoms with Crippen molar-refractivity contribution in [1.82, 2.24) is 0 Å². The normalized spacial score (nSPS) is 15.2. The quantitative estimate of drug-likeness (QED) is 0.906. The van der Waals surface area contributed by atoms with E-state index in [4.69, 9.17) is 10.5 Å². The van der Waals surface area contributed by atoms with Crippen molar-refractivity contribution in [2.24, 2.45) is 11.7 Å². The van der Waals surface area contributed by atoms with E-state index in [1.165, 1.54) is 11.6 Å². The van der Waals surface area contributed by atoms with E-state index < -0.39 is 11.7 Å². The van der Waals surface area contributed by atoms with Crippen molar-refractivity contribution in [3.05, 3.63) is 59.4 Å². The minimum absolute atomic E-state index is 0.00579. The largest absolute Gasteiger partial charge is 0.497 e. The van der Waals surface area contributed by atoms with Crippen molar-refractivity contribution in [3.8, 4) is 5.75 Å². The minimum atomic E-state index is -0.716. The number of hydrogen-bond donors (Lipinski definition) is 1. The molecule has 4 nitrogen and oxygen atoms in total. The first-order valence-corrected chi connectivity index (χ1v) is 8.54. The fourth-order valence-corrected chi connectivity index (χ4v) is 3.53. The maximum Gasteiger partial charge on any atom is 0.253 e. The Bertz CT molecular complexity index is 755. The molecule has 2 aromatic rings. The first kappa shape index (κ1) is 17.3.